The summed E-state index contributed by atoms with van der Waals surface area (Å²) < 4.78 is 10.9. The van der Waals surface area contributed by atoms with Crippen molar-refractivity contribution < 1.29 is 19.1 Å². The summed E-state index contributed by atoms with van der Waals surface area (Å²) in [5.41, 5.74) is 2.10. The van der Waals surface area contributed by atoms with Crippen LogP contribution in [0.25, 0.3) is 0 Å². The Morgan fingerprint density at radius 2 is 1.81 bits per heavy atom. The van der Waals surface area contributed by atoms with Crippen LogP contribution in [-0.2, 0) is 9.59 Å². The molecule has 0 aliphatic heterocycles. The molecule has 0 aliphatic rings. The van der Waals surface area contributed by atoms with Crippen molar-refractivity contribution in [3.63, 3.8) is 0 Å². The van der Waals surface area contributed by atoms with Gasteiger partial charge in [0.2, 0.25) is 0 Å². The molecule has 0 saturated heterocycles. The van der Waals surface area contributed by atoms with Crippen LogP contribution in [0.2, 0.25) is 10.0 Å². The van der Waals surface area contributed by atoms with E-state index in [1.165, 1.54) is 4.90 Å². The minimum atomic E-state index is 0.250. The van der Waals surface area contributed by atoms with E-state index in [1.54, 1.807) is 37.1 Å². The van der Waals surface area contributed by atoms with Crippen LogP contribution >= 0.6 is 35.0 Å². The number of thioether (sulfide) groups is 1. The molecule has 7 heteroatoms. The number of aryl methyl sites for hydroxylation is 1. The lowest BCUT2D eigenvalue weighted by molar-refractivity contribution is -0.191. The van der Waals surface area contributed by atoms with E-state index in [-0.39, 0.29) is 6.15 Å². The highest BCUT2D eigenvalue weighted by Gasteiger charge is 2.05. The van der Waals surface area contributed by atoms with Crippen molar-refractivity contribution in [3.05, 3.63) is 64.2 Å². The van der Waals surface area contributed by atoms with E-state index in [4.69, 9.17) is 42.3 Å². The van der Waals surface area contributed by atoms with Gasteiger partial charge in [0.15, 0.2) is 0 Å². The smallest absolute Gasteiger partial charge is 0.373 e. The SMILES string of the molecule is C=C(COc1ccc(Cl)cc1Cl)CSc1ccc(OC)c(C)c1.O=C=O. The first-order valence-corrected chi connectivity index (χ1v) is 9.16. The van der Waals surface area contributed by atoms with Crippen molar-refractivity contribution >= 4 is 41.1 Å². The summed E-state index contributed by atoms with van der Waals surface area (Å²) in [5.74, 6) is 2.29. The van der Waals surface area contributed by atoms with Crippen LogP contribution in [0, 0.1) is 6.92 Å². The van der Waals surface area contributed by atoms with Gasteiger partial charge in [-0.15, -0.1) is 11.8 Å². The Morgan fingerprint density at radius 1 is 1.15 bits per heavy atom. The van der Waals surface area contributed by atoms with Gasteiger partial charge in [-0.1, -0.05) is 29.8 Å². The molecule has 26 heavy (non-hydrogen) atoms. The lowest BCUT2D eigenvalue weighted by atomic mass is 10.2. The molecule has 0 spiro atoms. The first kappa shape index (κ1) is 22.1. The zero-order valence-corrected chi connectivity index (χ0v) is 16.7. The van der Waals surface area contributed by atoms with E-state index in [0.29, 0.717) is 22.4 Å². The Morgan fingerprint density at radius 3 is 2.38 bits per heavy atom. The molecule has 2 aromatic carbocycles. The maximum atomic E-state index is 8.12. The van der Waals surface area contributed by atoms with Crippen LogP contribution in [0.1, 0.15) is 5.56 Å². The van der Waals surface area contributed by atoms with Crippen molar-refractivity contribution in [2.75, 3.05) is 19.5 Å². The zero-order valence-electron chi connectivity index (χ0n) is 14.4. The van der Waals surface area contributed by atoms with Gasteiger partial charge in [0, 0.05) is 15.7 Å². The van der Waals surface area contributed by atoms with Gasteiger partial charge in [-0.2, -0.15) is 9.59 Å². The maximum absolute atomic E-state index is 8.12. The first-order valence-electron chi connectivity index (χ1n) is 7.42. The number of methoxy groups -OCH3 is 1. The van der Waals surface area contributed by atoms with Crippen LogP contribution in [-0.4, -0.2) is 25.6 Å². The molecule has 2 rings (SSSR count). The van der Waals surface area contributed by atoms with Gasteiger partial charge in [-0.05, 0) is 54.5 Å². The Bertz CT molecular complexity index is 787. The number of benzene rings is 2. The lowest BCUT2D eigenvalue weighted by Crippen LogP contribution is -2.02. The van der Waals surface area contributed by atoms with Crippen molar-refractivity contribution in [1.29, 1.82) is 0 Å². The molecule has 0 N–H and O–H groups in total. The number of halogens is 2. The Kier molecular flexibility index (Phi) is 9.92. The van der Waals surface area contributed by atoms with Crippen molar-refractivity contribution in [2.45, 2.75) is 11.8 Å². The van der Waals surface area contributed by atoms with Crippen LogP contribution in [0.15, 0.2) is 53.4 Å². The molecule has 4 nitrogen and oxygen atoms in total. The summed E-state index contributed by atoms with van der Waals surface area (Å²) in [6.45, 7) is 6.50. The van der Waals surface area contributed by atoms with Crippen LogP contribution in [0.5, 0.6) is 11.5 Å². The fourth-order valence-corrected chi connectivity index (χ4v) is 3.28. The Balaban J connectivity index is 0.00000105. The van der Waals surface area contributed by atoms with Crippen molar-refractivity contribution in [1.82, 2.24) is 0 Å². The predicted octanol–water partition coefficient (Wildman–Crippen LogP) is 5.45. The topological polar surface area (TPSA) is 52.6 Å². The highest BCUT2D eigenvalue weighted by atomic mass is 35.5. The number of hydrogen-bond donors (Lipinski definition) is 0. The maximum Gasteiger partial charge on any atom is 0.373 e. The first-order chi connectivity index (χ1) is 12.4. The Labute approximate surface area is 167 Å². The van der Waals surface area contributed by atoms with Gasteiger partial charge < -0.3 is 9.47 Å². The van der Waals surface area contributed by atoms with Gasteiger partial charge in [0.05, 0.1) is 12.1 Å². The summed E-state index contributed by atoms with van der Waals surface area (Å²) in [7, 11) is 1.68. The molecule has 0 atom stereocenters. The van der Waals surface area contributed by atoms with Gasteiger partial charge in [0.1, 0.15) is 18.1 Å². The van der Waals surface area contributed by atoms with Crippen LogP contribution < -0.4 is 9.47 Å². The third kappa shape index (κ3) is 7.54. The van der Waals surface area contributed by atoms with E-state index in [2.05, 4.69) is 12.6 Å². The van der Waals surface area contributed by atoms with Gasteiger partial charge >= 0.3 is 6.15 Å². The second-order valence-electron chi connectivity index (χ2n) is 5.12. The molecule has 138 valence electrons. The number of carbonyl (C=O) groups excluding carboxylic acids is 2. The molecule has 0 unspecified atom stereocenters. The van der Waals surface area contributed by atoms with Gasteiger partial charge in [0.25, 0.3) is 0 Å². The number of rotatable bonds is 7. The predicted molar refractivity (Wildman–Crippen MR) is 105 cm³/mol. The average Bonchev–Trinajstić information content (AvgIpc) is 2.60. The van der Waals surface area contributed by atoms with Crippen LogP contribution in [0.3, 0.4) is 0 Å². The van der Waals surface area contributed by atoms with E-state index in [0.717, 1.165) is 22.6 Å². The quantitative estimate of drug-likeness (QED) is 0.446. The summed E-state index contributed by atoms with van der Waals surface area (Å²) in [5, 5.41) is 1.09. The minimum Gasteiger partial charge on any atom is -0.496 e. The second-order valence-corrected chi connectivity index (χ2v) is 7.01. The van der Waals surface area contributed by atoms with E-state index in [1.807, 2.05) is 19.1 Å². The summed E-state index contributed by atoms with van der Waals surface area (Å²) >= 11 is 13.7. The van der Waals surface area contributed by atoms with E-state index < -0.39 is 0 Å². The summed E-state index contributed by atoms with van der Waals surface area (Å²) in [6, 6.07) is 11.3. The van der Waals surface area contributed by atoms with E-state index >= 15 is 0 Å². The molecule has 0 fully saturated rings. The lowest BCUT2D eigenvalue weighted by Gasteiger charge is -2.11. The normalized spacial score (nSPS) is 9.54. The monoisotopic (exact) mass is 412 g/mol. The molecule has 0 saturated carbocycles. The molecule has 2 aromatic rings. The Hall–Kier alpha value is -1.91. The van der Waals surface area contributed by atoms with Gasteiger partial charge in [-0.25, -0.2) is 0 Å². The molecule has 0 aromatic heterocycles. The molecule has 0 heterocycles. The fraction of sp³-hybridized carbons (Fsp3) is 0.211. The standard InChI is InChI=1S/C18H18Cl2O2S.CO2/c1-12(10-22-18-6-4-14(19)9-16(18)20)11-23-15-5-7-17(21-3)13(2)8-15;2-1-3/h4-9H,1,10-11H2,2-3H3;. The number of hydrogen-bond acceptors (Lipinski definition) is 5. The van der Waals surface area contributed by atoms with Crippen LogP contribution in [0.4, 0.5) is 0 Å². The third-order valence-electron chi connectivity index (χ3n) is 3.13. The van der Waals surface area contributed by atoms with Crippen molar-refractivity contribution in [3.8, 4) is 11.5 Å². The largest absolute Gasteiger partial charge is 0.496 e. The van der Waals surface area contributed by atoms with Gasteiger partial charge in [-0.3, -0.25) is 0 Å². The third-order valence-corrected chi connectivity index (χ3v) is 4.81. The molecular formula is C19H18Cl2O4S. The second kappa shape index (κ2) is 11.7. The zero-order chi connectivity index (χ0) is 19.5. The number of ether oxygens (including phenoxy) is 2. The molecular weight excluding hydrogens is 395 g/mol. The minimum absolute atomic E-state index is 0.250. The fourth-order valence-electron chi connectivity index (χ4n) is 1.94. The highest BCUT2D eigenvalue weighted by molar-refractivity contribution is 7.99. The average molecular weight is 413 g/mol. The van der Waals surface area contributed by atoms with Crippen molar-refractivity contribution in [2.24, 2.45) is 0 Å². The summed E-state index contributed by atoms with van der Waals surface area (Å²) in [4.78, 5) is 17.4. The molecule has 0 bridgehead atoms. The van der Waals surface area contributed by atoms with E-state index in [9.17, 15) is 0 Å². The molecule has 0 aliphatic carbocycles. The highest BCUT2D eigenvalue weighted by Crippen LogP contribution is 2.29. The molecule has 0 amide bonds. The summed E-state index contributed by atoms with van der Waals surface area (Å²) in [6.07, 6.45) is 0.250. The molecule has 0 radical (unpaired) electrons.